The number of aromatic carboxylic acids is 1. The number of carboxylic acids is 1. The van der Waals surface area contributed by atoms with E-state index in [-0.39, 0.29) is 18.2 Å². The van der Waals surface area contributed by atoms with Crippen molar-refractivity contribution in [2.24, 2.45) is 0 Å². The first-order chi connectivity index (χ1) is 14.6. The Hall–Kier alpha value is -3.68. The van der Waals surface area contributed by atoms with Gasteiger partial charge in [0.05, 0.1) is 6.20 Å². The molecule has 0 spiro atoms. The fourth-order valence-corrected chi connectivity index (χ4v) is 3.74. The zero-order valence-electron chi connectivity index (χ0n) is 16.3. The Bertz CT molecular complexity index is 1020. The lowest BCUT2D eigenvalue weighted by atomic mass is 9.98. The van der Waals surface area contributed by atoms with Gasteiger partial charge in [0.2, 0.25) is 0 Å². The van der Waals surface area contributed by atoms with Crippen LogP contribution < -0.4 is 5.32 Å². The molecule has 1 aliphatic carbocycles. The summed E-state index contributed by atoms with van der Waals surface area (Å²) < 4.78 is 6.97. The van der Waals surface area contributed by atoms with Crippen LogP contribution in [0.15, 0.2) is 54.7 Å². The lowest BCUT2D eigenvalue weighted by Crippen LogP contribution is -2.27. The molecule has 1 heterocycles. The van der Waals surface area contributed by atoms with E-state index < -0.39 is 12.1 Å². The molecule has 2 N–H and O–H groups in total. The maximum atomic E-state index is 12.1. The number of unbranched alkanes of at least 4 members (excludes halogenated alkanes) is 1. The summed E-state index contributed by atoms with van der Waals surface area (Å²) in [5, 5.41) is 18.9. The second-order valence-electron chi connectivity index (χ2n) is 7.13. The van der Waals surface area contributed by atoms with Crippen molar-refractivity contribution in [1.29, 1.82) is 0 Å². The van der Waals surface area contributed by atoms with Gasteiger partial charge in [0.15, 0.2) is 5.69 Å². The second kappa shape index (κ2) is 8.77. The molecular weight excluding hydrogens is 384 g/mol. The Morgan fingerprint density at radius 3 is 2.33 bits per heavy atom. The summed E-state index contributed by atoms with van der Waals surface area (Å²) >= 11 is 0. The summed E-state index contributed by atoms with van der Waals surface area (Å²) in [5.41, 5.74) is 4.68. The fourth-order valence-electron chi connectivity index (χ4n) is 3.74. The first kappa shape index (κ1) is 19.6. The van der Waals surface area contributed by atoms with Crippen molar-refractivity contribution in [3.05, 3.63) is 71.5 Å². The molecule has 0 bridgehead atoms. The first-order valence-corrected chi connectivity index (χ1v) is 9.86. The normalized spacial score (nSPS) is 12.3. The van der Waals surface area contributed by atoms with E-state index in [1.165, 1.54) is 33.1 Å². The average Bonchev–Trinajstić information content (AvgIpc) is 3.35. The van der Waals surface area contributed by atoms with E-state index in [4.69, 9.17) is 9.84 Å². The predicted octanol–water partition coefficient (Wildman–Crippen LogP) is 3.30. The summed E-state index contributed by atoms with van der Waals surface area (Å²) in [6, 6.07) is 16.4. The van der Waals surface area contributed by atoms with Crippen LogP contribution >= 0.6 is 0 Å². The zero-order chi connectivity index (χ0) is 20.9. The van der Waals surface area contributed by atoms with Crippen LogP contribution in [0.5, 0.6) is 0 Å². The van der Waals surface area contributed by atoms with Gasteiger partial charge >= 0.3 is 12.1 Å². The van der Waals surface area contributed by atoms with Crippen molar-refractivity contribution in [2.75, 3.05) is 13.2 Å². The van der Waals surface area contributed by atoms with Crippen molar-refractivity contribution < 1.29 is 19.4 Å². The quantitative estimate of drug-likeness (QED) is 0.556. The Balaban J connectivity index is 1.22. The van der Waals surface area contributed by atoms with Gasteiger partial charge in [-0.2, -0.15) is 0 Å². The molecule has 0 radical (unpaired) electrons. The van der Waals surface area contributed by atoms with Crippen LogP contribution in [-0.4, -0.2) is 45.3 Å². The van der Waals surface area contributed by atoms with Gasteiger partial charge in [-0.3, -0.25) is 4.68 Å². The maximum absolute atomic E-state index is 12.1. The third kappa shape index (κ3) is 4.17. The molecule has 1 aromatic heterocycles. The van der Waals surface area contributed by atoms with Crippen LogP contribution in [0, 0.1) is 0 Å². The number of nitrogens with one attached hydrogen (secondary N) is 1. The summed E-state index contributed by atoms with van der Waals surface area (Å²) in [6.07, 6.45) is 2.39. The molecule has 8 nitrogen and oxygen atoms in total. The highest BCUT2D eigenvalue weighted by Crippen LogP contribution is 2.44. The topological polar surface area (TPSA) is 106 Å². The number of benzene rings is 2. The van der Waals surface area contributed by atoms with Crippen LogP contribution in [0.2, 0.25) is 0 Å². The number of carbonyl (C=O) groups is 2. The second-order valence-corrected chi connectivity index (χ2v) is 7.13. The zero-order valence-corrected chi connectivity index (χ0v) is 16.3. The average molecular weight is 406 g/mol. The smallest absolute Gasteiger partial charge is 0.407 e. The summed E-state index contributed by atoms with van der Waals surface area (Å²) in [5.74, 6) is -1.06. The van der Waals surface area contributed by atoms with Crippen molar-refractivity contribution in [3.8, 4) is 11.1 Å². The number of aromatic nitrogens is 3. The van der Waals surface area contributed by atoms with Gasteiger partial charge in [0.25, 0.3) is 0 Å². The number of rotatable bonds is 8. The number of amides is 1. The van der Waals surface area contributed by atoms with Gasteiger partial charge in [-0.05, 0) is 35.1 Å². The van der Waals surface area contributed by atoms with E-state index in [0.717, 1.165) is 6.42 Å². The van der Waals surface area contributed by atoms with Crippen molar-refractivity contribution >= 4 is 12.1 Å². The molecule has 2 aromatic carbocycles. The van der Waals surface area contributed by atoms with E-state index in [1.54, 1.807) is 0 Å². The minimum Gasteiger partial charge on any atom is -0.476 e. The van der Waals surface area contributed by atoms with E-state index in [0.29, 0.717) is 19.5 Å². The molecule has 30 heavy (non-hydrogen) atoms. The SMILES string of the molecule is O=C(NCCCCn1cc(C(=O)O)nn1)OCC1c2ccccc2-c2ccccc21. The van der Waals surface area contributed by atoms with Crippen LogP contribution in [0.3, 0.4) is 0 Å². The van der Waals surface area contributed by atoms with Gasteiger partial charge in [0.1, 0.15) is 6.61 Å². The third-order valence-electron chi connectivity index (χ3n) is 5.18. The molecule has 8 heteroatoms. The number of hydrogen-bond donors (Lipinski definition) is 2. The molecule has 0 fully saturated rings. The van der Waals surface area contributed by atoms with E-state index in [2.05, 4.69) is 39.9 Å². The number of aryl methyl sites for hydroxylation is 1. The maximum Gasteiger partial charge on any atom is 0.407 e. The molecule has 0 aliphatic heterocycles. The fraction of sp³-hybridized carbons (Fsp3) is 0.273. The first-order valence-electron chi connectivity index (χ1n) is 9.86. The number of carboxylic acid groups (broad SMARTS) is 1. The minimum absolute atomic E-state index is 0.0406. The van der Waals surface area contributed by atoms with Crippen LogP contribution in [0.25, 0.3) is 11.1 Å². The van der Waals surface area contributed by atoms with Crippen molar-refractivity contribution in [3.63, 3.8) is 0 Å². The molecule has 0 unspecified atom stereocenters. The highest BCUT2D eigenvalue weighted by Gasteiger charge is 2.28. The molecular formula is C22H22N4O4. The predicted molar refractivity (Wildman–Crippen MR) is 109 cm³/mol. The summed E-state index contributed by atoms with van der Waals surface area (Å²) in [4.78, 5) is 22.9. The number of carbonyl (C=O) groups excluding carboxylic acids is 1. The highest BCUT2D eigenvalue weighted by atomic mass is 16.5. The molecule has 0 saturated carbocycles. The van der Waals surface area contributed by atoms with Gasteiger partial charge in [0, 0.05) is 19.0 Å². The van der Waals surface area contributed by atoms with Crippen LogP contribution in [0.1, 0.15) is 40.4 Å². The van der Waals surface area contributed by atoms with Crippen molar-refractivity contribution in [2.45, 2.75) is 25.3 Å². The molecule has 3 aromatic rings. The number of fused-ring (bicyclic) bond motifs is 3. The minimum atomic E-state index is -1.10. The molecule has 1 aliphatic rings. The van der Waals surface area contributed by atoms with Gasteiger partial charge in [-0.15, -0.1) is 5.10 Å². The highest BCUT2D eigenvalue weighted by molar-refractivity contribution is 5.84. The number of ether oxygens (including phenoxy) is 1. The molecule has 154 valence electrons. The van der Waals surface area contributed by atoms with E-state index in [9.17, 15) is 9.59 Å². The Morgan fingerprint density at radius 1 is 1.03 bits per heavy atom. The molecule has 0 saturated heterocycles. The van der Waals surface area contributed by atoms with Gasteiger partial charge in [-0.25, -0.2) is 9.59 Å². The lowest BCUT2D eigenvalue weighted by Gasteiger charge is -2.14. The monoisotopic (exact) mass is 406 g/mol. The Morgan fingerprint density at radius 2 is 1.70 bits per heavy atom. The largest absolute Gasteiger partial charge is 0.476 e. The van der Waals surface area contributed by atoms with Gasteiger partial charge < -0.3 is 15.2 Å². The number of nitrogens with zero attached hydrogens (tertiary/aromatic N) is 3. The van der Waals surface area contributed by atoms with Crippen molar-refractivity contribution in [1.82, 2.24) is 20.3 Å². The third-order valence-corrected chi connectivity index (χ3v) is 5.18. The number of hydrogen-bond acceptors (Lipinski definition) is 5. The van der Waals surface area contributed by atoms with E-state index in [1.807, 2.05) is 24.3 Å². The Kier molecular flexibility index (Phi) is 5.74. The summed E-state index contributed by atoms with van der Waals surface area (Å²) in [6.45, 7) is 1.29. The van der Waals surface area contributed by atoms with E-state index >= 15 is 0 Å². The lowest BCUT2D eigenvalue weighted by molar-refractivity contribution is 0.0690. The van der Waals surface area contributed by atoms with Crippen LogP contribution in [0.4, 0.5) is 4.79 Å². The van der Waals surface area contributed by atoms with Crippen LogP contribution in [-0.2, 0) is 11.3 Å². The number of alkyl carbamates (subject to hydrolysis) is 1. The van der Waals surface area contributed by atoms with Gasteiger partial charge in [-0.1, -0.05) is 53.7 Å². The Labute approximate surface area is 173 Å². The molecule has 1 amide bonds. The molecule has 0 atom stereocenters. The molecule has 4 rings (SSSR count). The summed E-state index contributed by atoms with van der Waals surface area (Å²) in [7, 11) is 0. The standard InChI is InChI=1S/C22H22N4O4/c27-21(28)20-13-26(25-24-20)12-6-5-11-23-22(29)30-14-19-17-9-3-1-7-15(17)16-8-2-4-10-18(16)19/h1-4,7-10,13,19H,5-6,11-12,14H2,(H,23,29)(H,27,28).